The first-order chi connectivity index (χ1) is 9.95. The van der Waals surface area contributed by atoms with Crippen LogP contribution < -0.4 is 0 Å². The average Bonchev–Trinajstić information content (AvgIpc) is 2.46. The van der Waals surface area contributed by atoms with E-state index in [-0.39, 0.29) is 18.0 Å². The first-order valence-electron chi connectivity index (χ1n) is 6.83. The highest BCUT2D eigenvalue weighted by Gasteiger charge is 2.30. The van der Waals surface area contributed by atoms with Gasteiger partial charge in [0.2, 0.25) is 10.0 Å². The molecular weight excluding hydrogens is 290 g/mol. The number of hydrogen-bond donors (Lipinski definition) is 2. The van der Waals surface area contributed by atoms with Crippen molar-refractivity contribution >= 4 is 10.0 Å². The molecule has 1 aliphatic heterocycles. The van der Waals surface area contributed by atoms with Crippen molar-refractivity contribution in [2.45, 2.75) is 30.8 Å². The third-order valence-electron chi connectivity index (χ3n) is 3.48. The number of aliphatic hydroxyl groups is 2. The number of piperidine rings is 1. The third kappa shape index (κ3) is 3.63. The highest BCUT2D eigenvalue weighted by atomic mass is 32.2. The molecule has 0 aromatic heterocycles. The Bertz CT molecular complexity index is 673. The van der Waals surface area contributed by atoms with E-state index >= 15 is 0 Å². The van der Waals surface area contributed by atoms with Crippen LogP contribution in [0.25, 0.3) is 0 Å². The van der Waals surface area contributed by atoms with Crippen LogP contribution in [0.5, 0.6) is 0 Å². The molecule has 6 heteroatoms. The molecule has 2 N–H and O–H groups in total. The summed E-state index contributed by atoms with van der Waals surface area (Å²) in [6, 6.07) is 4.95. The maximum atomic E-state index is 12.7. The molecule has 0 saturated carbocycles. The number of aliphatic hydroxyl groups excluding tert-OH is 2. The SMILES string of the molecule is Cc1ccc(C#CCO)cc1S(=O)(=O)N1CCCC(O)C1. The maximum Gasteiger partial charge on any atom is 0.243 e. The van der Waals surface area contributed by atoms with Crippen molar-refractivity contribution in [1.82, 2.24) is 4.31 Å². The lowest BCUT2D eigenvalue weighted by molar-refractivity contribution is 0.108. The monoisotopic (exact) mass is 309 g/mol. The molecule has 1 aromatic rings. The van der Waals surface area contributed by atoms with Gasteiger partial charge in [-0.3, -0.25) is 0 Å². The summed E-state index contributed by atoms with van der Waals surface area (Å²) in [6.45, 7) is 2.02. The Balaban J connectivity index is 2.39. The second-order valence-electron chi connectivity index (χ2n) is 5.10. The molecule has 1 saturated heterocycles. The molecule has 0 bridgehead atoms. The molecule has 5 nitrogen and oxygen atoms in total. The van der Waals surface area contributed by atoms with Crippen molar-refractivity contribution in [1.29, 1.82) is 0 Å². The normalized spacial score (nSPS) is 19.9. The average molecular weight is 309 g/mol. The van der Waals surface area contributed by atoms with Gasteiger partial charge in [-0.15, -0.1) is 0 Å². The summed E-state index contributed by atoms with van der Waals surface area (Å²) in [7, 11) is -3.63. The summed E-state index contributed by atoms with van der Waals surface area (Å²) < 4.78 is 26.7. The first-order valence-corrected chi connectivity index (χ1v) is 8.28. The van der Waals surface area contributed by atoms with E-state index < -0.39 is 16.1 Å². The number of hydrogen-bond acceptors (Lipinski definition) is 4. The fourth-order valence-electron chi connectivity index (χ4n) is 2.38. The Morgan fingerprint density at radius 1 is 1.43 bits per heavy atom. The fraction of sp³-hybridized carbons (Fsp3) is 0.467. The van der Waals surface area contributed by atoms with Gasteiger partial charge in [0.25, 0.3) is 0 Å². The molecule has 1 atom stereocenters. The van der Waals surface area contributed by atoms with Crippen LogP contribution >= 0.6 is 0 Å². The van der Waals surface area contributed by atoms with Crippen molar-refractivity contribution in [3.8, 4) is 11.8 Å². The Morgan fingerprint density at radius 3 is 2.86 bits per heavy atom. The summed E-state index contributed by atoms with van der Waals surface area (Å²) in [6.07, 6.45) is 0.683. The molecule has 2 rings (SSSR count). The Hall–Kier alpha value is -1.39. The molecule has 1 fully saturated rings. The first kappa shape index (κ1) is 16.0. The second-order valence-corrected chi connectivity index (χ2v) is 7.01. The van der Waals surface area contributed by atoms with Crippen LogP contribution in [0.4, 0.5) is 0 Å². The van der Waals surface area contributed by atoms with Crippen molar-refractivity contribution in [2.75, 3.05) is 19.7 Å². The van der Waals surface area contributed by atoms with Gasteiger partial charge in [-0.25, -0.2) is 8.42 Å². The molecule has 0 spiro atoms. The maximum absolute atomic E-state index is 12.7. The van der Waals surface area contributed by atoms with E-state index in [1.807, 2.05) is 0 Å². The highest BCUT2D eigenvalue weighted by Crippen LogP contribution is 2.24. The molecule has 1 aliphatic rings. The van der Waals surface area contributed by atoms with Gasteiger partial charge in [0.15, 0.2) is 0 Å². The lowest BCUT2D eigenvalue weighted by Crippen LogP contribution is -2.42. The molecule has 0 amide bonds. The fourth-order valence-corrected chi connectivity index (χ4v) is 4.14. The van der Waals surface area contributed by atoms with Gasteiger partial charge < -0.3 is 10.2 Å². The molecule has 0 radical (unpaired) electrons. The molecule has 114 valence electrons. The number of nitrogens with zero attached hydrogens (tertiary/aromatic N) is 1. The predicted molar refractivity (Wildman–Crippen MR) is 79.1 cm³/mol. The molecule has 21 heavy (non-hydrogen) atoms. The van der Waals surface area contributed by atoms with E-state index in [9.17, 15) is 13.5 Å². The van der Waals surface area contributed by atoms with Gasteiger partial charge in [-0.2, -0.15) is 4.31 Å². The number of aryl methyl sites for hydroxylation is 1. The lowest BCUT2D eigenvalue weighted by Gasteiger charge is -2.29. The Labute approximate surface area is 125 Å². The number of sulfonamides is 1. The quantitative estimate of drug-likeness (QED) is 0.779. The van der Waals surface area contributed by atoms with Gasteiger partial charge in [-0.1, -0.05) is 17.9 Å². The van der Waals surface area contributed by atoms with Crippen LogP contribution in [-0.4, -0.2) is 48.7 Å². The predicted octanol–water partition coefficient (Wildman–Crippen LogP) is 0.484. The Kier molecular flexibility index (Phi) is 5.01. The van der Waals surface area contributed by atoms with Crippen molar-refractivity contribution in [3.05, 3.63) is 29.3 Å². The van der Waals surface area contributed by atoms with Crippen molar-refractivity contribution < 1.29 is 18.6 Å². The summed E-state index contributed by atoms with van der Waals surface area (Å²) in [5, 5.41) is 18.4. The van der Waals surface area contributed by atoms with Crippen LogP contribution in [-0.2, 0) is 10.0 Å². The molecule has 0 aliphatic carbocycles. The number of benzene rings is 1. The minimum Gasteiger partial charge on any atom is -0.392 e. The summed E-state index contributed by atoms with van der Waals surface area (Å²) >= 11 is 0. The van der Waals surface area contributed by atoms with E-state index in [0.717, 1.165) is 0 Å². The highest BCUT2D eigenvalue weighted by molar-refractivity contribution is 7.89. The van der Waals surface area contributed by atoms with Gasteiger partial charge in [-0.05, 0) is 37.5 Å². The minimum atomic E-state index is -3.63. The lowest BCUT2D eigenvalue weighted by atomic mass is 10.1. The van der Waals surface area contributed by atoms with Crippen LogP contribution in [0.1, 0.15) is 24.0 Å². The molecule has 1 aromatic carbocycles. The third-order valence-corrected chi connectivity index (χ3v) is 5.48. The zero-order chi connectivity index (χ0) is 15.5. The number of β-amino-alcohol motifs (C(OH)–C–C–N with tert-alkyl or cyclic N) is 1. The van der Waals surface area contributed by atoms with Gasteiger partial charge >= 0.3 is 0 Å². The molecular formula is C15H19NO4S. The van der Waals surface area contributed by atoms with Crippen LogP contribution in [0.3, 0.4) is 0 Å². The van der Waals surface area contributed by atoms with Gasteiger partial charge in [0.1, 0.15) is 6.61 Å². The minimum absolute atomic E-state index is 0.133. The van der Waals surface area contributed by atoms with E-state index in [2.05, 4.69) is 11.8 Å². The van der Waals surface area contributed by atoms with Crippen LogP contribution in [0, 0.1) is 18.8 Å². The van der Waals surface area contributed by atoms with E-state index in [4.69, 9.17) is 5.11 Å². The summed E-state index contributed by atoms with van der Waals surface area (Å²) in [4.78, 5) is 0.210. The summed E-state index contributed by atoms with van der Waals surface area (Å²) in [5.74, 6) is 5.22. The smallest absolute Gasteiger partial charge is 0.243 e. The molecule has 1 unspecified atom stereocenters. The standard InChI is InChI=1S/C15H19NO4S/c1-12-6-7-13(4-3-9-17)10-15(12)21(19,20)16-8-2-5-14(18)11-16/h6-7,10,14,17-18H,2,5,8-9,11H2,1H3. The van der Waals surface area contributed by atoms with Crippen LogP contribution in [0.15, 0.2) is 23.1 Å². The zero-order valence-corrected chi connectivity index (χ0v) is 12.7. The van der Waals surface area contributed by atoms with Crippen LogP contribution in [0.2, 0.25) is 0 Å². The largest absolute Gasteiger partial charge is 0.392 e. The zero-order valence-electron chi connectivity index (χ0n) is 11.9. The van der Waals surface area contributed by atoms with Gasteiger partial charge in [0, 0.05) is 18.7 Å². The van der Waals surface area contributed by atoms with E-state index in [0.29, 0.717) is 30.5 Å². The number of rotatable bonds is 2. The van der Waals surface area contributed by atoms with Crippen molar-refractivity contribution in [2.24, 2.45) is 0 Å². The summed E-state index contributed by atoms with van der Waals surface area (Å²) in [5.41, 5.74) is 1.19. The van der Waals surface area contributed by atoms with Gasteiger partial charge in [0.05, 0.1) is 11.0 Å². The van der Waals surface area contributed by atoms with Crippen molar-refractivity contribution in [3.63, 3.8) is 0 Å². The topological polar surface area (TPSA) is 77.8 Å². The van der Waals surface area contributed by atoms with E-state index in [1.165, 1.54) is 10.4 Å². The van der Waals surface area contributed by atoms with E-state index in [1.54, 1.807) is 19.1 Å². The molecule has 1 heterocycles. The Morgan fingerprint density at radius 2 is 2.19 bits per heavy atom. The second kappa shape index (κ2) is 6.58.